The van der Waals surface area contributed by atoms with Crippen LogP contribution in [0.15, 0.2) is 18.2 Å². The van der Waals surface area contributed by atoms with E-state index in [9.17, 15) is 18.0 Å². The Balaban J connectivity index is 0. The molecule has 0 radical (unpaired) electrons. The number of esters is 1. The third-order valence-corrected chi connectivity index (χ3v) is 6.04. The lowest BCUT2D eigenvalue weighted by atomic mass is 9.57. The summed E-state index contributed by atoms with van der Waals surface area (Å²) < 4.78 is 47.3. The van der Waals surface area contributed by atoms with Gasteiger partial charge in [-0.25, -0.2) is 13.2 Å². The van der Waals surface area contributed by atoms with Gasteiger partial charge in [0.2, 0.25) is 0 Å². The van der Waals surface area contributed by atoms with Crippen LogP contribution in [0, 0.1) is 24.1 Å². The van der Waals surface area contributed by atoms with Crippen molar-refractivity contribution in [2.75, 3.05) is 6.61 Å². The first-order chi connectivity index (χ1) is 16.9. The van der Waals surface area contributed by atoms with Crippen molar-refractivity contribution in [1.82, 2.24) is 0 Å². The van der Waals surface area contributed by atoms with Crippen LogP contribution in [-0.2, 0) is 19.1 Å². The van der Waals surface area contributed by atoms with Crippen molar-refractivity contribution in [2.45, 2.75) is 105 Å². The van der Waals surface area contributed by atoms with Crippen LogP contribution in [0.4, 0.5) is 13.2 Å². The Labute approximate surface area is 215 Å². The Morgan fingerprint density at radius 3 is 2.03 bits per heavy atom. The molecule has 1 aliphatic carbocycles. The monoisotopic (exact) mass is 518 g/mol. The van der Waals surface area contributed by atoms with E-state index in [2.05, 4.69) is 18.6 Å². The Kier molecular flexibility index (Phi) is 18.7. The van der Waals surface area contributed by atoms with Crippen molar-refractivity contribution < 1.29 is 37.0 Å². The van der Waals surface area contributed by atoms with E-state index in [0.717, 1.165) is 24.8 Å². The molecule has 0 aromatic heterocycles. The lowest BCUT2D eigenvalue weighted by molar-refractivity contribution is -0.169. The zero-order valence-corrected chi connectivity index (χ0v) is 22.8. The second-order valence-electron chi connectivity index (χ2n) is 9.70. The maximum Gasteiger partial charge on any atom is 0.303 e. The maximum absolute atomic E-state index is 13.7. The van der Waals surface area contributed by atoms with Crippen molar-refractivity contribution >= 4 is 19.5 Å². The molecule has 1 aliphatic rings. The van der Waals surface area contributed by atoms with Gasteiger partial charge in [0, 0.05) is 6.92 Å². The van der Waals surface area contributed by atoms with Gasteiger partial charge >= 0.3 is 5.97 Å². The summed E-state index contributed by atoms with van der Waals surface area (Å²) in [4.78, 5) is 26.2. The number of alkyl halides is 2. The number of carbonyl (C=O) groups excluding carboxylic acids is 3. The fraction of sp³-hybridized carbons (Fsp3) is 0.679. The third-order valence-electron chi connectivity index (χ3n) is 6.04. The Morgan fingerprint density at radius 1 is 1.11 bits per heavy atom. The van der Waals surface area contributed by atoms with Crippen molar-refractivity contribution in [1.29, 1.82) is 0 Å². The van der Waals surface area contributed by atoms with Crippen LogP contribution in [-0.4, -0.2) is 38.2 Å². The summed E-state index contributed by atoms with van der Waals surface area (Å²) >= 11 is 0. The number of benzene rings is 1. The molecule has 0 aliphatic heterocycles. The lowest BCUT2D eigenvalue weighted by Gasteiger charge is -2.48. The standard InChI is InChI=1S/C20H31FO.C6H10F2O2.2CH2O/c1-4-10-20(11-5-2)14-17(15-20)7-6-12-22-19-9-8-16(3)13-18(19)21;1-4(9)10-6(2,3)5(7)8;2*1-2/h8-9,13,17H,4-7,10-12,14-15H2,1-3H3;5H,1-3H3;2*1H2. The molecule has 0 spiro atoms. The molecule has 208 valence electrons. The van der Waals surface area contributed by atoms with Crippen LogP contribution in [0.1, 0.15) is 91.5 Å². The highest BCUT2D eigenvalue weighted by Crippen LogP contribution is 2.53. The van der Waals surface area contributed by atoms with Crippen LogP contribution in [0.5, 0.6) is 5.75 Å². The van der Waals surface area contributed by atoms with Crippen molar-refractivity contribution in [3.05, 3.63) is 29.6 Å². The molecule has 5 nitrogen and oxygen atoms in total. The molecule has 0 bridgehead atoms. The van der Waals surface area contributed by atoms with Crippen LogP contribution in [0.25, 0.3) is 0 Å². The van der Waals surface area contributed by atoms with E-state index in [-0.39, 0.29) is 5.82 Å². The van der Waals surface area contributed by atoms with Crippen molar-refractivity contribution in [3.8, 4) is 5.75 Å². The third kappa shape index (κ3) is 13.6. The molecular weight excluding hydrogens is 473 g/mol. The van der Waals surface area contributed by atoms with E-state index in [1.54, 1.807) is 6.07 Å². The van der Waals surface area contributed by atoms with Crippen LogP contribution >= 0.6 is 0 Å². The highest BCUT2D eigenvalue weighted by atomic mass is 19.3. The summed E-state index contributed by atoms with van der Waals surface area (Å²) in [5.41, 5.74) is -0.0771. The highest BCUT2D eigenvalue weighted by Gasteiger charge is 2.41. The fourth-order valence-electron chi connectivity index (χ4n) is 4.66. The smallest absolute Gasteiger partial charge is 0.303 e. The summed E-state index contributed by atoms with van der Waals surface area (Å²) in [6, 6.07) is 5.17. The van der Waals surface area contributed by atoms with Crippen LogP contribution in [0.3, 0.4) is 0 Å². The topological polar surface area (TPSA) is 69.7 Å². The molecule has 8 heteroatoms. The van der Waals surface area contributed by atoms with Gasteiger partial charge in [0.05, 0.1) is 6.61 Å². The summed E-state index contributed by atoms with van der Waals surface area (Å²) in [6.45, 7) is 14.6. The van der Waals surface area contributed by atoms with Gasteiger partial charge in [0.15, 0.2) is 17.2 Å². The van der Waals surface area contributed by atoms with E-state index in [4.69, 9.17) is 14.3 Å². The molecule has 0 atom stereocenters. The predicted molar refractivity (Wildman–Crippen MR) is 137 cm³/mol. The second-order valence-corrected chi connectivity index (χ2v) is 9.70. The molecule has 1 aromatic carbocycles. The molecule has 0 unspecified atom stereocenters. The number of hydrogen-bond donors (Lipinski definition) is 0. The number of aryl methyl sites for hydroxylation is 1. The average Bonchev–Trinajstić information content (AvgIpc) is 2.79. The minimum absolute atomic E-state index is 0.242. The molecule has 1 fully saturated rings. The largest absolute Gasteiger partial charge is 0.491 e. The van der Waals surface area contributed by atoms with Gasteiger partial charge in [0.1, 0.15) is 13.6 Å². The van der Waals surface area contributed by atoms with Crippen LogP contribution in [0.2, 0.25) is 0 Å². The first-order valence-corrected chi connectivity index (χ1v) is 12.4. The quantitative estimate of drug-likeness (QED) is 0.224. The first-order valence-electron chi connectivity index (χ1n) is 12.4. The summed E-state index contributed by atoms with van der Waals surface area (Å²) in [7, 11) is 0. The zero-order valence-electron chi connectivity index (χ0n) is 22.8. The van der Waals surface area contributed by atoms with E-state index < -0.39 is 18.0 Å². The van der Waals surface area contributed by atoms with Gasteiger partial charge in [-0.05, 0) is 88.3 Å². The number of halogens is 3. The predicted octanol–water partition coefficient (Wildman–Crippen LogP) is 7.51. The molecular formula is C28H45F3O5. The van der Waals surface area contributed by atoms with Gasteiger partial charge < -0.3 is 19.1 Å². The molecule has 1 saturated carbocycles. The van der Waals surface area contributed by atoms with E-state index in [1.807, 2.05) is 26.6 Å². The van der Waals surface area contributed by atoms with Gasteiger partial charge in [-0.2, -0.15) is 0 Å². The molecule has 0 heterocycles. The van der Waals surface area contributed by atoms with E-state index in [0.29, 0.717) is 17.8 Å². The summed E-state index contributed by atoms with van der Waals surface area (Å²) in [6.07, 6.45) is 7.81. The average molecular weight is 519 g/mol. The molecule has 1 aromatic rings. The minimum atomic E-state index is -2.64. The maximum atomic E-state index is 13.7. The van der Waals surface area contributed by atoms with Gasteiger partial charge in [-0.1, -0.05) is 32.8 Å². The minimum Gasteiger partial charge on any atom is -0.491 e. The number of carbonyl (C=O) groups is 3. The fourth-order valence-corrected chi connectivity index (χ4v) is 4.66. The number of hydrogen-bond acceptors (Lipinski definition) is 5. The molecule has 36 heavy (non-hydrogen) atoms. The summed E-state index contributed by atoms with van der Waals surface area (Å²) in [5, 5.41) is 0. The Hall–Kier alpha value is -2.38. The van der Waals surface area contributed by atoms with Crippen molar-refractivity contribution in [3.63, 3.8) is 0 Å². The molecule has 0 N–H and O–H groups in total. The second kappa shape index (κ2) is 18.8. The molecule has 2 rings (SSSR count). The molecule has 0 saturated heterocycles. The Morgan fingerprint density at radius 2 is 1.64 bits per heavy atom. The Bertz CT molecular complexity index is 724. The first kappa shape index (κ1) is 35.8. The molecule has 0 amide bonds. The number of rotatable bonds is 11. The van der Waals surface area contributed by atoms with Crippen molar-refractivity contribution in [2.24, 2.45) is 11.3 Å². The summed E-state index contributed by atoms with van der Waals surface area (Å²) in [5.74, 6) is 0.328. The van der Waals surface area contributed by atoms with E-state index in [1.165, 1.54) is 64.9 Å². The van der Waals surface area contributed by atoms with Gasteiger partial charge in [-0.15, -0.1) is 0 Å². The lowest BCUT2D eigenvalue weighted by Crippen LogP contribution is -2.37. The van der Waals surface area contributed by atoms with Gasteiger partial charge in [-0.3, -0.25) is 4.79 Å². The zero-order chi connectivity index (χ0) is 28.4. The van der Waals surface area contributed by atoms with Gasteiger partial charge in [0.25, 0.3) is 6.43 Å². The number of ether oxygens (including phenoxy) is 2. The normalized spacial score (nSPS) is 14.1. The SMILES string of the molecule is C=O.C=O.CC(=O)OC(C)(C)C(F)F.CCCC1(CCC)CC(CCCOc2ccc(C)cc2F)C1. The van der Waals surface area contributed by atoms with E-state index >= 15 is 0 Å². The highest BCUT2D eigenvalue weighted by molar-refractivity contribution is 5.66. The van der Waals surface area contributed by atoms with Crippen LogP contribution < -0.4 is 4.74 Å².